The summed E-state index contributed by atoms with van der Waals surface area (Å²) in [4.78, 5) is 0.168. The van der Waals surface area contributed by atoms with Crippen LogP contribution in [0.1, 0.15) is 30.4 Å². The van der Waals surface area contributed by atoms with Crippen molar-refractivity contribution in [2.24, 2.45) is 0 Å². The molecule has 0 bridgehead atoms. The predicted octanol–water partition coefficient (Wildman–Crippen LogP) is 0.281. The average molecular weight is 448 g/mol. The van der Waals surface area contributed by atoms with Gasteiger partial charge in [-0.25, -0.2) is 25.3 Å². The summed E-state index contributed by atoms with van der Waals surface area (Å²) in [7, 11) is -10.5. The molecule has 1 N–H and O–H groups in total. The van der Waals surface area contributed by atoms with Gasteiger partial charge in [0.25, 0.3) is 0 Å². The lowest BCUT2D eigenvalue weighted by molar-refractivity contribution is 0.468. The maximum Gasteiger partial charge on any atom is 0.183 e. The first-order chi connectivity index (χ1) is 13.1. The van der Waals surface area contributed by atoms with Gasteiger partial charge in [0.05, 0.1) is 33.2 Å². The monoisotopic (exact) mass is 447 g/mol. The van der Waals surface area contributed by atoms with Gasteiger partial charge in [0.1, 0.15) is 0 Å². The van der Waals surface area contributed by atoms with Gasteiger partial charge in [0.2, 0.25) is 0 Å². The van der Waals surface area contributed by atoms with Crippen molar-refractivity contribution >= 4 is 29.5 Å². The Labute approximate surface area is 166 Å². The van der Waals surface area contributed by atoms with E-state index in [4.69, 9.17) is 0 Å². The van der Waals surface area contributed by atoms with Crippen LogP contribution in [-0.2, 0) is 42.4 Å². The summed E-state index contributed by atoms with van der Waals surface area (Å²) in [6, 6.07) is 3.94. The molecule has 2 fully saturated rings. The first-order valence-electron chi connectivity index (χ1n) is 9.58. The van der Waals surface area contributed by atoms with Gasteiger partial charge in [0.15, 0.2) is 29.5 Å². The van der Waals surface area contributed by atoms with Crippen LogP contribution in [0.4, 0.5) is 0 Å². The van der Waals surface area contributed by atoms with Crippen molar-refractivity contribution in [1.82, 2.24) is 5.32 Å². The molecule has 2 aliphatic heterocycles. The Balaban J connectivity index is 1.62. The van der Waals surface area contributed by atoms with Crippen LogP contribution < -0.4 is 5.32 Å². The molecule has 3 aliphatic rings. The highest BCUT2D eigenvalue weighted by Gasteiger charge is 2.47. The van der Waals surface area contributed by atoms with E-state index in [0.717, 1.165) is 36.8 Å². The Morgan fingerprint density at radius 3 is 2.29 bits per heavy atom. The highest BCUT2D eigenvalue weighted by atomic mass is 32.2. The van der Waals surface area contributed by atoms with Crippen LogP contribution in [0.2, 0.25) is 0 Å². The van der Waals surface area contributed by atoms with E-state index in [2.05, 4.69) is 5.32 Å². The number of hydrogen-bond donors (Lipinski definition) is 1. The van der Waals surface area contributed by atoms with Crippen LogP contribution >= 0.6 is 0 Å². The quantitative estimate of drug-likeness (QED) is 0.705. The second-order valence-corrected chi connectivity index (χ2v) is 14.7. The fourth-order valence-electron chi connectivity index (χ4n) is 4.57. The van der Waals surface area contributed by atoms with Gasteiger partial charge in [-0.1, -0.05) is 6.07 Å². The lowest BCUT2D eigenvalue weighted by Gasteiger charge is -2.24. The third-order valence-corrected chi connectivity index (χ3v) is 11.9. The van der Waals surface area contributed by atoms with Gasteiger partial charge in [0, 0.05) is 12.1 Å². The van der Waals surface area contributed by atoms with Gasteiger partial charge in [-0.3, -0.25) is 0 Å². The molecule has 7 nitrogen and oxygen atoms in total. The van der Waals surface area contributed by atoms with Crippen molar-refractivity contribution in [3.05, 3.63) is 29.3 Å². The molecule has 2 heterocycles. The second kappa shape index (κ2) is 7.07. The molecule has 1 unspecified atom stereocenters. The molecule has 3 atom stereocenters. The SMILES string of the molecule is O=S1(=O)CCC(N[C@H]2CS(=O)(=O)C[C@@H]2S(=O)(=O)c2ccc3c(c2)CCCC3)C1. The summed E-state index contributed by atoms with van der Waals surface area (Å²) < 4.78 is 74.5. The third-order valence-electron chi connectivity index (χ3n) is 6.03. The number of rotatable bonds is 4. The van der Waals surface area contributed by atoms with E-state index >= 15 is 0 Å². The highest BCUT2D eigenvalue weighted by Crippen LogP contribution is 2.30. The Morgan fingerprint density at radius 2 is 1.61 bits per heavy atom. The normalized spacial score (nSPS) is 31.5. The zero-order valence-corrected chi connectivity index (χ0v) is 18.0. The Kier molecular flexibility index (Phi) is 5.13. The molecule has 10 heteroatoms. The van der Waals surface area contributed by atoms with Gasteiger partial charge in [-0.2, -0.15) is 0 Å². The predicted molar refractivity (Wildman–Crippen MR) is 107 cm³/mol. The summed E-state index contributed by atoms with van der Waals surface area (Å²) in [5.74, 6) is -0.733. The van der Waals surface area contributed by atoms with Gasteiger partial charge in [-0.05, 0) is 55.4 Å². The molecule has 0 radical (unpaired) electrons. The minimum absolute atomic E-state index is 0.0480. The molecule has 4 rings (SSSR count). The van der Waals surface area contributed by atoms with Crippen molar-refractivity contribution in [3.63, 3.8) is 0 Å². The average Bonchev–Trinajstić information content (AvgIpc) is 3.12. The Hall–Kier alpha value is -0.970. The zero-order chi connectivity index (χ0) is 20.2. The van der Waals surface area contributed by atoms with Gasteiger partial charge >= 0.3 is 0 Å². The largest absolute Gasteiger partial charge is 0.308 e. The van der Waals surface area contributed by atoms with Gasteiger partial charge < -0.3 is 5.32 Å². The number of fused-ring (bicyclic) bond motifs is 1. The molecule has 156 valence electrons. The Morgan fingerprint density at radius 1 is 0.893 bits per heavy atom. The molecule has 0 aromatic heterocycles. The number of nitrogens with one attached hydrogen (secondary N) is 1. The number of hydrogen-bond acceptors (Lipinski definition) is 7. The topological polar surface area (TPSA) is 114 Å². The van der Waals surface area contributed by atoms with Crippen LogP contribution in [0, 0.1) is 0 Å². The van der Waals surface area contributed by atoms with Crippen molar-refractivity contribution in [1.29, 1.82) is 0 Å². The van der Waals surface area contributed by atoms with E-state index in [1.807, 2.05) is 6.07 Å². The molecular formula is C18H25NO6S3. The van der Waals surface area contributed by atoms with E-state index in [1.165, 1.54) is 0 Å². The fraction of sp³-hybridized carbons (Fsp3) is 0.667. The maximum atomic E-state index is 13.3. The minimum Gasteiger partial charge on any atom is -0.308 e. The molecule has 2 saturated heterocycles. The molecule has 28 heavy (non-hydrogen) atoms. The van der Waals surface area contributed by atoms with Crippen LogP contribution in [0.25, 0.3) is 0 Å². The standard InChI is InChI=1S/C18H25NO6S3/c20-26(21)8-7-15(10-26)19-17-11-27(22,23)12-18(17)28(24,25)16-6-5-13-3-1-2-4-14(13)9-16/h5-6,9,15,17-19H,1-4,7-8,10-12H2/t15?,17-,18-/m0/s1. The molecule has 0 amide bonds. The first kappa shape index (κ1) is 20.3. The first-order valence-corrected chi connectivity index (χ1v) is 14.8. The van der Waals surface area contributed by atoms with Crippen LogP contribution in [0.5, 0.6) is 0 Å². The smallest absolute Gasteiger partial charge is 0.183 e. The van der Waals surface area contributed by atoms with E-state index in [0.29, 0.717) is 6.42 Å². The molecule has 0 saturated carbocycles. The molecular weight excluding hydrogens is 422 g/mol. The van der Waals surface area contributed by atoms with Crippen LogP contribution in [-0.4, -0.2) is 65.6 Å². The maximum absolute atomic E-state index is 13.3. The summed E-state index contributed by atoms with van der Waals surface area (Å²) in [5, 5.41) is 1.94. The Bertz CT molecular complexity index is 1090. The zero-order valence-electron chi connectivity index (χ0n) is 15.5. The molecule has 1 aromatic carbocycles. The van der Waals surface area contributed by atoms with Crippen molar-refractivity contribution < 1.29 is 25.3 Å². The number of benzene rings is 1. The van der Waals surface area contributed by atoms with E-state index in [1.54, 1.807) is 12.1 Å². The van der Waals surface area contributed by atoms with Crippen molar-refractivity contribution in [2.45, 2.75) is 54.3 Å². The summed E-state index contributed by atoms with van der Waals surface area (Å²) in [6.07, 6.45) is 4.27. The van der Waals surface area contributed by atoms with Crippen LogP contribution in [0.15, 0.2) is 23.1 Å². The van der Waals surface area contributed by atoms with Crippen LogP contribution in [0.3, 0.4) is 0 Å². The van der Waals surface area contributed by atoms with Gasteiger partial charge in [-0.15, -0.1) is 0 Å². The molecule has 1 aliphatic carbocycles. The van der Waals surface area contributed by atoms with E-state index < -0.39 is 52.6 Å². The van der Waals surface area contributed by atoms with E-state index in [9.17, 15) is 25.3 Å². The summed E-state index contributed by atoms with van der Waals surface area (Å²) >= 11 is 0. The number of aryl methyl sites for hydroxylation is 2. The molecule has 1 aromatic rings. The van der Waals surface area contributed by atoms with E-state index in [-0.39, 0.29) is 22.2 Å². The lowest BCUT2D eigenvalue weighted by atomic mass is 9.92. The summed E-state index contributed by atoms with van der Waals surface area (Å²) in [6.45, 7) is 0. The third kappa shape index (κ3) is 4.01. The molecule has 0 spiro atoms. The fourth-order valence-corrected chi connectivity index (χ4v) is 11.0. The van der Waals surface area contributed by atoms with Crippen molar-refractivity contribution in [2.75, 3.05) is 23.0 Å². The number of sulfone groups is 3. The lowest BCUT2D eigenvalue weighted by Crippen LogP contribution is -2.48. The minimum atomic E-state index is -3.85. The highest BCUT2D eigenvalue weighted by molar-refractivity contribution is 7.96. The van der Waals surface area contributed by atoms with Crippen molar-refractivity contribution in [3.8, 4) is 0 Å². The summed E-state index contributed by atoms with van der Waals surface area (Å²) in [5.41, 5.74) is 2.19. The second-order valence-electron chi connectivity index (χ2n) is 8.17.